The maximum Gasteiger partial charge on any atom is 0.309 e. The van der Waals surface area contributed by atoms with Crippen LogP contribution in [0.3, 0.4) is 0 Å². The topological polar surface area (TPSA) is 70.2 Å². The molecule has 1 amide bonds. The average molecular weight is 658 g/mol. The molecule has 0 aromatic rings. The smallest absolute Gasteiger partial charge is 0.309 e. The Morgan fingerprint density at radius 2 is 1.52 bits per heavy atom. The first-order chi connectivity index (χ1) is 19.1. The van der Waals surface area contributed by atoms with Gasteiger partial charge in [0.15, 0.2) is 0 Å². The van der Waals surface area contributed by atoms with Crippen LogP contribution in [0.25, 0.3) is 0 Å². The molecular formula is C28H56N3O4PS4. The zero-order valence-corrected chi connectivity index (χ0v) is 30.5. The number of hydrogen-bond donors (Lipinski definition) is 0. The van der Waals surface area contributed by atoms with E-state index in [1.54, 1.807) is 25.6 Å². The van der Waals surface area contributed by atoms with Crippen molar-refractivity contribution >= 4 is 70.3 Å². The molecule has 0 radical (unpaired) electrons. The van der Waals surface area contributed by atoms with E-state index in [1.165, 1.54) is 53.9 Å². The Kier molecular flexibility index (Phi) is 23.6. The number of hydrogen-bond acceptors (Lipinski definition) is 8. The summed E-state index contributed by atoms with van der Waals surface area (Å²) in [6.07, 6.45) is 10.0. The minimum Gasteiger partial charge on any atom is -0.466 e. The van der Waals surface area contributed by atoms with Gasteiger partial charge in [-0.25, -0.2) is 0 Å². The first-order valence-corrected chi connectivity index (χ1v) is 20.4. The van der Waals surface area contributed by atoms with Crippen molar-refractivity contribution in [3.05, 3.63) is 0 Å². The van der Waals surface area contributed by atoms with Gasteiger partial charge in [0.2, 0.25) is 5.91 Å². The Hall–Kier alpha value is 0.0700. The molecule has 3 atom stereocenters. The number of nitrogens with zero attached hydrogens (tertiary/aromatic N) is 3. The highest BCUT2D eigenvalue weighted by Gasteiger charge is 2.43. The minimum atomic E-state index is -3.42. The van der Waals surface area contributed by atoms with Crippen molar-refractivity contribution in [1.29, 1.82) is 0 Å². The molecule has 236 valence electrons. The number of amides is 1. The lowest BCUT2D eigenvalue weighted by atomic mass is 10.1. The van der Waals surface area contributed by atoms with E-state index in [0.29, 0.717) is 13.1 Å². The Balaban J connectivity index is 6.05. The van der Waals surface area contributed by atoms with E-state index < -0.39 is 18.5 Å². The molecular weight excluding hydrogens is 602 g/mol. The molecule has 40 heavy (non-hydrogen) atoms. The molecule has 0 heterocycles. The maximum atomic E-state index is 15.0. The fourth-order valence-corrected chi connectivity index (χ4v) is 13.0. The van der Waals surface area contributed by atoms with Gasteiger partial charge in [0, 0.05) is 49.2 Å². The molecule has 7 nitrogen and oxygen atoms in total. The van der Waals surface area contributed by atoms with Crippen molar-refractivity contribution < 1.29 is 18.9 Å². The third kappa shape index (κ3) is 15.0. The number of carbonyl (C=O) groups is 2. The van der Waals surface area contributed by atoms with E-state index in [1.807, 2.05) is 17.9 Å². The lowest BCUT2D eigenvalue weighted by molar-refractivity contribution is -0.149. The largest absolute Gasteiger partial charge is 0.466 e. The number of thioether (sulfide) groups is 1. The number of rotatable bonds is 23. The summed E-state index contributed by atoms with van der Waals surface area (Å²) in [6.45, 7) is 14.2. The molecule has 0 aliphatic carbocycles. The standard InChI is InChI=1S/C28H56N3O4PS4/c1-9-15-17-19-21-30(28(37)38-22-20-18-16-10-2)40-31(13-5)36(34,39-25(8)11-3)29(12-4)26(32)23-24(7)27(33)35-14-6/h24-25H,9-23H2,1-8H3. The van der Waals surface area contributed by atoms with Crippen molar-refractivity contribution in [3.8, 4) is 0 Å². The summed E-state index contributed by atoms with van der Waals surface area (Å²) < 4.78 is 26.4. The quantitative estimate of drug-likeness (QED) is 0.0349. The number of esters is 1. The third-order valence-corrected chi connectivity index (χ3v) is 16.3. The zero-order valence-electron chi connectivity index (χ0n) is 26.3. The fraction of sp³-hybridized carbons (Fsp3) is 0.893. The van der Waals surface area contributed by atoms with E-state index in [2.05, 4.69) is 32.0 Å². The van der Waals surface area contributed by atoms with Crippen molar-refractivity contribution in [2.75, 3.05) is 32.0 Å². The lowest BCUT2D eigenvalue weighted by Crippen LogP contribution is -2.36. The average Bonchev–Trinajstić information content (AvgIpc) is 2.92. The van der Waals surface area contributed by atoms with E-state index in [9.17, 15) is 9.59 Å². The van der Waals surface area contributed by atoms with Crippen LogP contribution in [0, 0.1) is 5.92 Å². The molecule has 0 spiro atoms. The van der Waals surface area contributed by atoms with Crippen LogP contribution in [0.1, 0.15) is 120 Å². The Morgan fingerprint density at radius 3 is 2.05 bits per heavy atom. The van der Waals surface area contributed by atoms with Crippen LogP contribution in [-0.4, -0.2) is 66.5 Å². The zero-order chi connectivity index (χ0) is 30.6. The second-order valence-electron chi connectivity index (χ2n) is 9.87. The highest BCUT2D eigenvalue weighted by Crippen LogP contribution is 2.68. The molecule has 0 aromatic heterocycles. The van der Waals surface area contributed by atoms with Crippen molar-refractivity contribution in [3.63, 3.8) is 0 Å². The van der Waals surface area contributed by atoms with E-state index in [0.717, 1.165) is 48.7 Å². The molecule has 3 unspecified atom stereocenters. The summed E-state index contributed by atoms with van der Waals surface area (Å²) in [6, 6.07) is 0. The maximum absolute atomic E-state index is 15.0. The van der Waals surface area contributed by atoms with Gasteiger partial charge in [-0.3, -0.25) is 23.1 Å². The SMILES string of the molecule is CCCCCCSC(=S)N(CCCCCC)SN(CC)P(=O)(SC(C)CC)N(CC)C(=O)CC(C)C(=O)OCC. The summed E-state index contributed by atoms with van der Waals surface area (Å²) in [5.74, 6) is -0.319. The molecule has 0 bridgehead atoms. The molecule has 0 N–H and O–H groups in total. The highest BCUT2D eigenvalue weighted by molar-refractivity contribution is 8.58. The Bertz CT molecular complexity index is 778. The second-order valence-corrected chi connectivity index (χ2v) is 17.9. The molecule has 0 aliphatic heterocycles. The predicted molar refractivity (Wildman–Crippen MR) is 183 cm³/mol. The van der Waals surface area contributed by atoms with Crippen LogP contribution < -0.4 is 0 Å². The molecule has 0 aromatic carbocycles. The van der Waals surface area contributed by atoms with Gasteiger partial charge in [-0.15, -0.1) is 0 Å². The van der Waals surface area contributed by atoms with E-state index >= 15 is 4.57 Å². The molecule has 0 saturated carbocycles. The summed E-state index contributed by atoms with van der Waals surface area (Å²) in [4.78, 5) is 25.8. The van der Waals surface area contributed by atoms with Gasteiger partial charge in [-0.05, 0) is 33.1 Å². The summed E-state index contributed by atoms with van der Waals surface area (Å²) in [7, 11) is 0. The van der Waals surface area contributed by atoms with Crippen LogP contribution in [0.4, 0.5) is 0 Å². The summed E-state index contributed by atoms with van der Waals surface area (Å²) in [5.41, 5.74) is 0. The van der Waals surface area contributed by atoms with Crippen LogP contribution >= 0.6 is 54.1 Å². The molecule has 0 fully saturated rings. The fourth-order valence-electron chi connectivity index (χ4n) is 3.77. The van der Waals surface area contributed by atoms with E-state index in [-0.39, 0.29) is 24.2 Å². The normalized spacial score (nSPS) is 14.4. The van der Waals surface area contributed by atoms with Crippen molar-refractivity contribution in [2.45, 2.75) is 125 Å². The third-order valence-electron chi connectivity index (χ3n) is 6.34. The lowest BCUT2D eigenvalue weighted by Gasteiger charge is -2.40. The molecule has 0 saturated heterocycles. The highest BCUT2D eigenvalue weighted by atomic mass is 32.7. The number of thiocarbonyl (C=S) groups is 1. The van der Waals surface area contributed by atoms with E-state index in [4.69, 9.17) is 17.0 Å². The van der Waals surface area contributed by atoms with Crippen molar-refractivity contribution in [1.82, 2.24) is 13.1 Å². The van der Waals surface area contributed by atoms with Gasteiger partial charge in [0.1, 0.15) is 4.32 Å². The van der Waals surface area contributed by atoms with Crippen LogP contribution in [0.2, 0.25) is 0 Å². The van der Waals surface area contributed by atoms with Crippen molar-refractivity contribution in [2.24, 2.45) is 5.92 Å². The van der Waals surface area contributed by atoms with Crippen LogP contribution in [-0.2, 0) is 18.9 Å². The van der Waals surface area contributed by atoms with Gasteiger partial charge in [-0.1, -0.05) is 115 Å². The van der Waals surface area contributed by atoms with Gasteiger partial charge in [0.05, 0.1) is 12.5 Å². The first-order valence-electron chi connectivity index (χ1n) is 15.2. The van der Waals surface area contributed by atoms with Gasteiger partial charge in [0.25, 0.3) is 0 Å². The van der Waals surface area contributed by atoms with Crippen LogP contribution in [0.5, 0.6) is 0 Å². The molecule has 0 aliphatic rings. The monoisotopic (exact) mass is 657 g/mol. The first kappa shape index (κ1) is 40.1. The predicted octanol–water partition coefficient (Wildman–Crippen LogP) is 9.43. The Labute approximate surface area is 263 Å². The number of ether oxygens (including phenoxy) is 1. The molecule has 0 rings (SSSR count). The van der Waals surface area contributed by atoms with Gasteiger partial charge < -0.3 is 4.74 Å². The molecule has 12 heteroatoms. The minimum absolute atomic E-state index is 0.0350. The number of carbonyl (C=O) groups excluding carboxylic acids is 2. The van der Waals surface area contributed by atoms with Gasteiger partial charge in [-0.2, -0.15) is 4.08 Å². The Morgan fingerprint density at radius 1 is 0.900 bits per heavy atom. The van der Waals surface area contributed by atoms with Crippen LogP contribution in [0.15, 0.2) is 0 Å². The van der Waals surface area contributed by atoms with Gasteiger partial charge >= 0.3 is 12.6 Å². The summed E-state index contributed by atoms with van der Waals surface area (Å²) >= 11 is 10.4. The second kappa shape index (κ2) is 23.5. The number of unbranched alkanes of at least 4 members (excludes halogenated alkanes) is 6. The summed E-state index contributed by atoms with van der Waals surface area (Å²) in [5, 5.41) is 0.0858.